The SMILES string of the molecule is C=N/C(=C\C=C/CN(CC1(C2CCN(CC(C)C)CC2)CCOCC1)C(=O)CC)C(F)(F)P. The van der Waals surface area contributed by atoms with E-state index in [1.165, 1.54) is 15.3 Å². The predicted octanol–water partition coefficient (Wildman–Crippen LogP) is 5.00. The molecule has 2 saturated heterocycles. The van der Waals surface area contributed by atoms with Crippen LogP contribution in [0.5, 0.6) is 0 Å². The van der Waals surface area contributed by atoms with Gasteiger partial charge in [-0.15, -0.1) is 0 Å². The van der Waals surface area contributed by atoms with Gasteiger partial charge in [0.1, 0.15) is 5.70 Å². The minimum Gasteiger partial charge on any atom is -0.381 e. The van der Waals surface area contributed by atoms with Crippen molar-refractivity contribution in [3.05, 3.63) is 23.9 Å². The molecule has 0 aromatic carbocycles. The Labute approximate surface area is 200 Å². The van der Waals surface area contributed by atoms with E-state index in [1.54, 1.807) is 12.2 Å². The largest absolute Gasteiger partial charge is 0.381 e. The van der Waals surface area contributed by atoms with Gasteiger partial charge in [-0.25, -0.2) is 0 Å². The molecule has 1 unspecified atom stereocenters. The van der Waals surface area contributed by atoms with Crippen molar-refractivity contribution in [2.75, 3.05) is 45.9 Å². The van der Waals surface area contributed by atoms with Gasteiger partial charge in [-0.3, -0.25) is 9.79 Å². The second-order valence-corrected chi connectivity index (χ2v) is 10.6. The lowest BCUT2D eigenvalue weighted by atomic mass is 9.66. The van der Waals surface area contributed by atoms with Crippen LogP contribution >= 0.6 is 9.24 Å². The third-order valence-corrected chi connectivity index (χ3v) is 7.25. The minimum atomic E-state index is -3.12. The fourth-order valence-corrected chi connectivity index (χ4v) is 5.38. The molecule has 2 rings (SSSR count). The van der Waals surface area contributed by atoms with Crippen LogP contribution in [0.3, 0.4) is 0 Å². The first-order valence-electron chi connectivity index (χ1n) is 12.2. The van der Waals surface area contributed by atoms with E-state index in [0.717, 1.165) is 58.5 Å². The highest BCUT2D eigenvalue weighted by molar-refractivity contribution is 7.18. The first-order chi connectivity index (χ1) is 15.6. The van der Waals surface area contributed by atoms with Crippen molar-refractivity contribution < 1.29 is 18.3 Å². The zero-order valence-corrected chi connectivity index (χ0v) is 21.7. The van der Waals surface area contributed by atoms with Crippen molar-refractivity contribution in [2.24, 2.45) is 22.2 Å². The number of hydrogen-bond donors (Lipinski definition) is 0. The first-order valence-corrected chi connectivity index (χ1v) is 12.8. The maximum Gasteiger partial charge on any atom is 0.300 e. The summed E-state index contributed by atoms with van der Waals surface area (Å²) in [6, 6.07) is 0. The lowest BCUT2D eigenvalue weighted by Crippen LogP contribution is -2.51. The fourth-order valence-electron chi connectivity index (χ4n) is 5.19. The van der Waals surface area contributed by atoms with Crippen LogP contribution in [0.15, 0.2) is 28.9 Å². The van der Waals surface area contributed by atoms with Gasteiger partial charge in [-0.05, 0) is 68.8 Å². The number of likely N-dealkylation sites (tertiary alicyclic amines) is 1. The topological polar surface area (TPSA) is 45.1 Å². The van der Waals surface area contributed by atoms with E-state index in [9.17, 15) is 13.6 Å². The molecule has 0 radical (unpaired) electrons. The Morgan fingerprint density at radius 3 is 2.48 bits per heavy atom. The molecule has 2 aliphatic heterocycles. The van der Waals surface area contributed by atoms with Gasteiger partial charge < -0.3 is 14.5 Å². The third-order valence-electron chi connectivity index (χ3n) is 6.95. The van der Waals surface area contributed by atoms with Crippen LogP contribution in [0, 0.1) is 17.3 Å². The summed E-state index contributed by atoms with van der Waals surface area (Å²) in [5.41, 5.74) is -3.48. The second-order valence-electron chi connectivity index (χ2n) is 9.83. The van der Waals surface area contributed by atoms with Crippen LogP contribution in [0.25, 0.3) is 0 Å². The number of carbonyl (C=O) groups excluding carboxylic acids is 1. The molecule has 0 aromatic heterocycles. The van der Waals surface area contributed by atoms with Crippen LogP contribution in [-0.4, -0.2) is 74.0 Å². The van der Waals surface area contributed by atoms with Crippen molar-refractivity contribution in [3.8, 4) is 0 Å². The lowest BCUT2D eigenvalue weighted by molar-refractivity contribution is -0.135. The molecule has 0 saturated carbocycles. The maximum atomic E-state index is 13.5. The highest BCUT2D eigenvalue weighted by Gasteiger charge is 2.43. The molecule has 0 N–H and O–H groups in total. The Kier molecular flexibility index (Phi) is 11.1. The highest BCUT2D eigenvalue weighted by Crippen LogP contribution is 2.44. The number of piperidine rings is 1. The maximum absolute atomic E-state index is 13.5. The lowest BCUT2D eigenvalue weighted by Gasteiger charge is -2.49. The molecule has 1 amide bonds. The van der Waals surface area contributed by atoms with E-state index in [1.807, 2.05) is 11.8 Å². The third kappa shape index (κ3) is 8.52. The van der Waals surface area contributed by atoms with Crippen molar-refractivity contribution >= 4 is 21.9 Å². The summed E-state index contributed by atoms with van der Waals surface area (Å²) >= 11 is 0. The zero-order valence-electron chi connectivity index (χ0n) is 20.6. The molecular formula is C25H42F2N3O2P. The average Bonchev–Trinajstić information content (AvgIpc) is 2.77. The fraction of sp³-hybridized carbons (Fsp3) is 0.760. The number of alkyl halides is 2. The normalized spacial score (nSPS) is 21.0. The number of hydrogen-bond acceptors (Lipinski definition) is 4. The van der Waals surface area contributed by atoms with Crippen LogP contribution in [-0.2, 0) is 9.53 Å². The molecule has 1 atom stereocenters. The van der Waals surface area contributed by atoms with Crippen LogP contribution in [0.1, 0.15) is 52.9 Å². The first kappa shape index (κ1) is 28.1. The van der Waals surface area contributed by atoms with Gasteiger partial charge >= 0.3 is 0 Å². The summed E-state index contributed by atoms with van der Waals surface area (Å²) in [4.78, 5) is 20.7. The average molecular weight is 486 g/mol. The van der Waals surface area contributed by atoms with E-state index in [0.29, 0.717) is 31.3 Å². The molecule has 33 heavy (non-hydrogen) atoms. The molecule has 8 heteroatoms. The molecule has 188 valence electrons. The number of ether oxygens (including phenoxy) is 1. The van der Waals surface area contributed by atoms with Gasteiger partial charge in [0.25, 0.3) is 5.66 Å². The quantitative estimate of drug-likeness (QED) is 0.235. The van der Waals surface area contributed by atoms with Gasteiger partial charge in [-0.1, -0.05) is 42.2 Å². The van der Waals surface area contributed by atoms with Crippen molar-refractivity contribution in [2.45, 2.75) is 58.5 Å². The van der Waals surface area contributed by atoms with E-state index in [-0.39, 0.29) is 11.3 Å². The van der Waals surface area contributed by atoms with Crippen LogP contribution < -0.4 is 0 Å². The van der Waals surface area contributed by atoms with Crippen LogP contribution in [0.2, 0.25) is 0 Å². The molecule has 2 aliphatic rings. The van der Waals surface area contributed by atoms with Gasteiger partial charge in [0.05, 0.1) is 0 Å². The Morgan fingerprint density at radius 1 is 1.33 bits per heavy atom. The van der Waals surface area contributed by atoms with Gasteiger partial charge in [0, 0.05) is 39.3 Å². The Hall–Kier alpha value is -1.17. The van der Waals surface area contributed by atoms with Gasteiger partial charge in [0.2, 0.25) is 5.91 Å². The van der Waals surface area contributed by atoms with Crippen molar-refractivity contribution in [1.82, 2.24) is 9.80 Å². The summed E-state index contributed by atoms with van der Waals surface area (Å²) in [5.74, 6) is 1.32. The van der Waals surface area contributed by atoms with Crippen molar-refractivity contribution in [3.63, 3.8) is 0 Å². The van der Waals surface area contributed by atoms with Crippen LogP contribution in [0.4, 0.5) is 8.78 Å². The van der Waals surface area contributed by atoms with Gasteiger partial charge in [-0.2, -0.15) is 8.78 Å². The molecule has 2 heterocycles. The number of aliphatic imine (C=N–C) groups is 1. The molecule has 5 nitrogen and oxygen atoms in total. The van der Waals surface area contributed by atoms with E-state index in [4.69, 9.17) is 4.74 Å². The van der Waals surface area contributed by atoms with E-state index < -0.39 is 11.4 Å². The molecule has 0 spiro atoms. The van der Waals surface area contributed by atoms with Crippen molar-refractivity contribution in [1.29, 1.82) is 0 Å². The highest BCUT2D eigenvalue weighted by atomic mass is 31.0. The Balaban J connectivity index is 2.12. The standard InChI is InChI=1S/C25H42F2N3O2P/c1-5-23(31)30(13-7-6-8-22(28-4)25(26,27)33)19-24(11-16-32-17-12-24)21-9-14-29(15-10-21)18-20(2)3/h6-8,20-21H,4-5,9-19,33H2,1-3H3/b7-6-,22-8-. The molecular weight excluding hydrogens is 443 g/mol. The number of halogens is 2. The molecule has 0 aliphatic carbocycles. The second kappa shape index (κ2) is 13.1. The number of allylic oxidation sites excluding steroid dienone is 3. The number of nitrogens with zero attached hydrogens (tertiary/aromatic N) is 3. The Morgan fingerprint density at radius 2 is 1.97 bits per heavy atom. The summed E-state index contributed by atoms with van der Waals surface area (Å²) in [6.07, 6.45) is 9.20. The monoisotopic (exact) mass is 485 g/mol. The van der Waals surface area contributed by atoms with E-state index in [2.05, 4.69) is 30.5 Å². The summed E-state index contributed by atoms with van der Waals surface area (Å²) in [6.45, 7) is 15.5. The number of carbonyl (C=O) groups is 1. The molecule has 2 fully saturated rings. The Bertz CT molecular complexity index is 692. The summed E-state index contributed by atoms with van der Waals surface area (Å²) < 4.78 is 32.6. The minimum absolute atomic E-state index is 0.0532. The molecule has 0 aromatic rings. The molecule has 0 bridgehead atoms. The zero-order chi connectivity index (χ0) is 24.5. The summed E-state index contributed by atoms with van der Waals surface area (Å²) in [5, 5.41) is 0. The van der Waals surface area contributed by atoms with E-state index >= 15 is 0 Å². The number of rotatable bonds is 11. The summed E-state index contributed by atoms with van der Waals surface area (Å²) in [7, 11) is 1.47. The smallest absolute Gasteiger partial charge is 0.300 e. The van der Waals surface area contributed by atoms with Gasteiger partial charge in [0.15, 0.2) is 0 Å². The predicted molar refractivity (Wildman–Crippen MR) is 135 cm³/mol. The number of amides is 1.